The van der Waals surface area contributed by atoms with E-state index in [4.69, 9.17) is 14.2 Å². The fourth-order valence-electron chi connectivity index (χ4n) is 3.23. The highest BCUT2D eigenvalue weighted by Crippen LogP contribution is 2.33. The van der Waals surface area contributed by atoms with Gasteiger partial charge in [-0.15, -0.1) is 0 Å². The molecule has 0 atom stereocenters. The van der Waals surface area contributed by atoms with Gasteiger partial charge in [0.15, 0.2) is 18.1 Å². The van der Waals surface area contributed by atoms with E-state index in [1.54, 1.807) is 49.6 Å². The summed E-state index contributed by atoms with van der Waals surface area (Å²) >= 11 is 5.48. The summed E-state index contributed by atoms with van der Waals surface area (Å²) in [6, 6.07) is 16.0. The lowest BCUT2D eigenvalue weighted by atomic mass is 10.2. The molecule has 3 aromatic carbocycles. The highest BCUT2D eigenvalue weighted by atomic mass is 127. The van der Waals surface area contributed by atoms with Gasteiger partial charge in [-0.2, -0.15) is 5.10 Å². The second-order valence-corrected chi connectivity index (χ2v) is 10.1. The van der Waals surface area contributed by atoms with Crippen molar-refractivity contribution in [1.82, 2.24) is 10.7 Å². The summed E-state index contributed by atoms with van der Waals surface area (Å²) in [7, 11) is 3.04. The van der Waals surface area contributed by atoms with Crippen LogP contribution in [-0.2, 0) is 20.9 Å². The van der Waals surface area contributed by atoms with Gasteiger partial charge < -0.3 is 24.8 Å². The third-order valence-electron chi connectivity index (χ3n) is 5.24. The molecule has 3 rings (SSSR count). The molecular formula is C27H26BrIN4O6. The van der Waals surface area contributed by atoms with Crippen LogP contribution in [0.25, 0.3) is 0 Å². The molecule has 0 saturated heterocycles. The minimum atomic E-state index is -0.909. The summed E-state index contributed by atoms with van der Waals surface area (Å²) in [6.07, 6.45) is 1.37. The van der Waals surface area contributed by atoms with E-state index in [2.05, 4.69) is 37.1 Å². The van der Waals surface area contributed by atoms with Crippen molar-refractivity contribution >= 4 is 68.1 Å². The molecule has 0 unspecified atom stereocenters. The Bertz CT molecular complexity index is 1380. The van der Waals surface area contributed by atoms with E-state index < -0.39 is 11.8 Å². The van der Waals surface area contributed by atoms with E-state index in [1.807, 2.05) is 41.6 Å². The summed E-state index contributed by atoms with van der Waals surface area (Å²) in [4.78, 5) is 36.5. The van der Waals surface area contributed by atoms with Crippen molar-refractivity contribution in [1.29, 1.82) is 0 Å². The fraction of sp³-hybridized carbons (Fsp3) is 0.185. The van der Waals surface area contributed by atoms with Crippen LogP contribution in [0.15, 0.2) is 64.2 Å². The molecule has 0 aliphatic carbocycles. The second kappa shape index (κ2) is 14.5. The molecule has 3 amide bonds. The molecule has 0 saturated carbocycles. The minimum absolute atomic E-state index is 0.178. The molecule has 0 fully saturated rings. The number of hydrogen-bond acceptors (Lipinski definition) is 7. The van der Waals surface area contributed by atoms with Crippen molar-refractivity contribution in [3.8, 4) is 17.2 Å². The van der Waals surface area contributed by atoms with Crippen LogP contribution in [-0.4, -0.2) is 44.8 Å². The maximum absolute atomic E-state index is 12.4. The first-order valence-corrected chi connectivity index (χ1v) is 13.4. The van der Waals surface area contributed by atoms with Gasteiger partial charge in [0.2, 0.25) is 0 Å². The Morgan fingerprint density at radius 1 is 1.00 bits per heavy atom. The lowest BCUT2D eigenvalue weighted by molar-refractivity contribution is -0.139. The number of hydrogen-bond donors (Lipinski definition) is 3. The van der Waals surface area contributed by atoms with Crippen LogP contribution in [0.5, 0.6) is 17.2 Å². The summed E-state index contributed by atoms with van der Waals surface area (Å²) in [5.74, 6) is -0.601. The van der Waals surface area contributed by atoms with Crippen LogP contribution in [0.2, 0.25) is 0 Å². The quantitative estimate of drug-likeness (QED) is 0.126. The molecule has 0 aromatic heterocycles. The molecule has 0 aliphatic heterocycles. The normalized spacial score (nSPS) is 10.6. The maximum Gasteiger partial charge on any atom is 0.329 e. The number of benzene rings is 3. The Morgan fingerprint density at radius 2 is 1.74 bits per heavy atom. The van der Waals surface area contributed by atoms with Gasteiger partial charge in [-0.1, -0.05) is 28.1 Å². The van der Waals surface area contributed by atoms with Gasteiger partial charge in [0.05, 0.1) is 24.0 Å². The van der Waals surface area contributed by atoms with Crippen LogP contribution < -0.4 is 30.3 Å². The number of anilines is 1. The average molecular weight is 709 g/mol. The first-order chi connectivity index (χ1) is 18.7. The van der Waals surface area contributed by atoms with E-state index in [0.29, 0.717) is 32.1 Å². The molecule has 0 bridgehead atoms. The number of hydrazone groups is 1. The Kier molecular flexibility index (Phi) is 11.1. The monoisotopic (exact) mass is 708 g/mol. The number of carbonyl (C=O) groups excluding carboxylic acids is 3. The highest BCUT2D eigenvalue weighted by molar-refractivity contribution is 14.1. The van der Waals surface area contributed by atoms with E-state index in [0.717, 1.165) is 15.6 Å². The van der Waals surface area contributed by atoms with Crippen molar-refractivity contribution in [3.05, 3.63) is 79.3 Å². The van der Waals surface area contributed by atoms with Crippen molar-refractivity contribution in [3.63, 3.8) is 0 Å². The van der Waals surface area contributed by atoms with E-state index in [9.17, 15) is 14.4 Å². The number of ether oxygens (including phenoxy) is 3. The zero-order valence-corrected chi connectivity index (χ0v) is 25.1. The first kappa shape index (κ1) is 29.9. The molecule has 0 heterocycles. The molecule has 12 heteroatoms. The van der Waals surface area contributed by atoms with Gasteiger partial charge in [0.1, 0.15) is 5.75 Å². The first-order valence-electron chi connectivity index (χ1n) is 11.5. The SMILES string of the molecule is COc1ccc(CNC(=O)C(=O)N/N=C\c2cc(I)c(OCC(=O)Nc3ccc(Br)c(C)c3)c(OC)c2)cc1. The van der Waals surface area contributed by atoms with Crippen molar-refractivity contribution in [2.75, 3.05) is 26.1 Å². The zero-order chi connectivity index (χ0) is 28.4. The van der Waals surface area contributed by atoms with E-state index in [1.165, 1.54) is 13.3 Å². The van der Waals surface area contributed by atoms with Crippen molar-refractivity contribution in [2.24, 2.45) is 5.10 Å². The zero-order valence-electron chi connectivity index (χ0n) is 21.3. The molecule has 10 nitrogen and oxygen atoms in total. The smallest absolute Gasteiger partial charge is 0.329 e. The molecule has 0 spiro atoms. The Hall–Kier alpha value is -3.65. The lowest BCUT2D eigenvalue weighted by Gasteiger charge is -2.14. The van der Waals surface area contributed by atoms with Crippen molar-refractivity contribution in [2.45, 2.75) is 13.5 Å². The molecule has 0 aliphatic rings. The van der Waals surface area contributed by atoms with Crippen LogP contribution in [0.4, 0.5) is 5.69 Å². The number of rotatable bonds is 10. The standard InChI is InChI=1S/C27H26BrIN4O6/c1-16-10-19(6-9-21(16)28)32-24(34)15-39-25-22(29)11-18(12-23(25)38-3)14-31-33-27(36)26(35)30-13-17-4-7-20(37-2)8-5-17/h4-12,14H,13,15H2,1-3H3,(H,30,35)(H,32,34)(H,33,36)/b31-14-. The number of aryl methyl sites for hydroxylation is 1. The predicted molar refractivity (Wildman–Crippen MR) is 159 cm³/mol. The van der Waals surface area contributed by atoms with Crippen LogP contribution in [0.3, 0.4) is 0 Å². The van der Waals surface area contributed by atoms with Gasteiger partial charge in [-0.3, -0.25) is 14.4 Å². The Labute approximate surface area is 247 Å². The summed E-state index contributed by atoms with van der Waals surface area (Å²) in [5, 5.41) is 9.17. The fourth-order valence-corrected chi connectivity index (χ4v) is 4.26. The van der Waals surface area contributed by atoms with Gasteiger partial charge in [0.25, 0.3) is 5.91 Å². The van der Waals surface area contributed by atoms with Gasteiger partial charge >= 0.3 is 11.8 Å². The highest BCUT2D eigenvalue weighted by Gasteiger charge is 2.15. The number of nitrogens with one attached hydrogen (secondary N) is 3. The minimum Gasteiger partial charge on any atom is -0.497 e. The molecule has 204 valence electrons. The largest absolute Gasteiger partial charge is 0.497 e. The van der Waals surface area contributed by atoms with Crippen LogP contribution in [0.1, 0.15) is 16.7 Å². The lowest BCUT2D eigenvalue weighted by Crippen LogP contribution is -2.37. The predicted octanol–water partition coefficient (Wildman–Crippen LogP) is 4.16. The second-order valence-electron chi connectivity index (χ2n) is 8.06. The number of amides is 3. The van der Waals surface area contributed by atoms with Crippen molar-refractivity contribution < 1.29 is 28.6 Å². The number of nitrogens with zero attached hydrogens (tertiary/aromatic N) is 1. The summed E-state index contributed by atoms with van der Waals surface area (Å²) in [5.41, 5.74) is 5.24. The summed E-state index contributed by atoms with van der Waals surface area (Å²) < 4.78 is 17.8. The molecule has 0 radical (unpaired) electrons. The molecular weight excluding hydrogens is 683 g/mol. The Morgan fingerprint density at radius 3 is 2.41 bits per heavy atom. The maximum atomic E-state index is 12.4. The number of carbonyl (C=O) groups is 3. The Balaban J connectivity index is 1.53. The van der Waals surface area contributed by atoms with Gasteiger partial charge in [0, 0.05) is 16.7 Å². The van der Waals surface area contributed by atoms with Crippen LogP contribution in [0, 0.1) is 10.5 Å². The number of methoxy groups -OCH3 is 2. The average Bonchev–Trinajstić information content (AvgIpc) is 2.93. The third kappa shape index (κ3) is 8.96. The molecule has 3 aromatic rings. The van der Waals surface area contributed by atoms with Gasteiger partial charge in [-0.25, -0.2) is 5.43 Å². The number of halogens is 2. The topological polar surface area (TPSA) is 127 Å². The van der Waals surface area contributed by atoms with Gasteiger partial charge in [-0.05, 0) is 88.7 Å². The summed E-state index contributed by atoms with van der Waals surface area (Å²) in [6.45, 7) is 1.88. The molecule has 39 heavy (non-hydrogen) atoms. The van der Waals surface area contributed by atoms with E-state index in [-0.39, 0.29) is 19.1 Å². The van der Waals surface area contributed by atoms with Crippen LogP contribution >= 0.6 is 38.5 Å². The van der Waals surface area contributed by atoms with E-state index >= 15 is 0 Å². The third-order valence-corrected chi connectivity index (χ3v) is 6.93. The molecule has 3 N–H and O–H groups in total.